The molecule has 1 aromatic rings. The van der Waals surface area contributed by atoms with Gasteiger partial charge in [0, 0.05) is 19.3 Å². The third kappa shape index (κ3) is 21.0. The Bertz CT molecular complexity index is 746. The van der Waals surface area contributed by atoms with Crippen molar-refractivity contribution in [3.63, 3.8) is 0 Å². The number of allylic oxidation sites excluding steroid dienone is 1. The largest absolute Gasteiger partial charge is 0.473 e. The van der Waals surface area contributed by atoms with Gasteiger partial charge in [-0.05, 0) is 12.8 Å². The standard InChI is InChI=1S/C27H51N4O5P/c1-2-3-4-5-6-7-8-9-10-11-12-13-14-15-19-34-20-18-22-36-37(32,33)23-17-16-21-35-26-24-25(28)30-27(29)31-26/h16-17,24H,2-15,18-23H2,1H3,(H,32,33)(H4,28,29,30,31)/b17-16+. The SMILES string of the molecule is CCCCCCCCCCCCCCCCOCCCOP(=O)(O)C/C=C/COc1cc(N)nc(N)n1. The van der Waals surface area contributed by atoms with Crippen molar-refractivity contribution in [3.8, 4) is 5.88 Å². The Morgan fingerprint density at radius 2 is 1.38 bits per heavy atom. The number of anilines is 2. The lowest BCUT2D eigenvalue weighted by Gasteiger charge is -2.10. The second-order valence-electron chi connectivity index (χ2n) is 9.49. The molecule has 0 aliphatic carbocycles. The first-order valence-electron chi connectivity index (χ1n) is 14.1. The molecule has 0 saturated carbocycles. The lowest BCUT2D eigenvalue weighted by atomic mass is 10.0. The average molecular weight is 543 g/mol. The van der Waals surface area contributed by atoms with E-state index in [4.69, 9.17) is 25.5 Å². The summed E-state index contributed by atoms with van der Waals surface area (Å²) in [5.41, 5.74) is 11.1. The van der Waals surface area contributed by atoms with Crippen LogP contribution in [-0.4, -0.2) is 47.5 Å². The van der Waals surface area contributed by atoms with Gasteiger partial charge in [0.05, 0.1) is 12.8 Å². The summed E-state index contributed by atoms with van der Waals surface area (Å²) in [5.74, 6) is 0.478. The van der Waals surface area contributed by atoms with Crippen molar-refractivity contribution in [2.75, 3.05) is 44.1 Å². The first-order chi connectivity index (χ1) is 17.9. The summed E-state index contributed by atoms with van der Waals surface area (Å²) < 4.78 is 28.2. The Hall–Kier alpha value is -1.67. The van der Waals surface area contributed by atoms with Crippen LogP contribution in [0.5, 0.6) is 5.88 Å². The Morgan fingerprint density at radius 3 is 1.97 bits per heavy atom. The van der Waals surface area contributed by atoms with E-state index in [9.17, 15) is 9.46 Å². The molecule has 214 valence electrons. The number of rotatable bonds is 25. The molecule has 0 spiro atoms. The summed E-state index contributed by atoms with van der Waals surface area (Å²) in [5, 5.41) is 0. The van der Waals surface area contributed by atoms with Crippen LogP contribution in [0.3, 0.4) is 0 Å². The number of unbranched alkanes of at least 4 members (excludes halogenated alkanes) is 13. The fourth-order valence-electron chi connectivity index (χ4n) is 3.87. The molecule has 0 amide bonds. The minimum absolute atomic E-state index is 0.0239. The molecule has 9 nitrogen and oxygen atoms in total. The van der Waals surface area contributed by atoms with Crippen LogP contribution in [-0.2, 0) is 13.8 Å². The fourth-order valence-corrected chi connectivity index (χ4v) is 4.80. The third-order valence-electron chi connectivity index (χ3n) is 5.94. The lowest BCUT2D eigenvalue weighted by molar-refractivity contribution is 0.114. The number of ether oxygens (including phenoxy) is 2. The van der Waals surface area contributed by atoms with Gasteiger partial charge < -0.3 is 30.4 Å². The van der Waals surface area contributed by atoms with Crippen LogP contribution in [0.25, 0.3) is 0 Å². The molecular formula is C27H51N4O5P. The van der Waals surface area contributed by atoms with Crippen molar-refractivity contribution >= 4 is 19.4 Å². The second-order valence-corrected chi connectivity index (χ2v) is 11.4. The molecule has 5 N–H and O–H groups in total. The maximum absolute atomic E-state index is 12.1. The van der Waals surface area contributed by atoms with Gasteiger partial charge in [-0.25, -0.2) is 0 Å². The monoisotopic (exact) mass is 542 g/mol. The Morgan fingerprint density at radius 1 is 0.811 bits per heavy atom. The van der Waals surface area contributed by atoms with E-state index in [1.54, 1.807) is 12.2 Å². The number of nitrogens with zero attached hydrogens (tertiary/aromatic N) is 2. The van der Waals surface area contributed by atoms with E-state index in [-0.39, 0.29) is 37.0 Å². The summed E-state index contributed by atoms with van der Waals surface area (Å²) in [6.45, 7) is 3.89. The van der Waals surface area contributed by atoms with Gasteiger partial charge >= 0.3 is 7.60 Å². The van der Waals surface area contributed by atoms with Gasteiger partial charge in [0.1, 0.15) is 12.4 Å². The van der Waals surface area contributed by atoms with E-state index >= 15 is 0 Å². The van der Waals surface area contributed by atoms with Gasteiger partial charge in [-0.15, -0.1) is 0 Å². The molecular weight excluding hydrogens is 491 g/mol. The molecule has 0 saturated heterocycles. The molecule has 0 aliphatic rings. The van der Waals surface area contributed by atoms with Crippen LogP contribution < -0.4 is 16.2 Å². The normalized spacial score (nSPS) is 13.2. The van der Waals surface area contributed by atoms with Crippen LogP contribution in [0.15, 0.2) is 18.2 Å². The quantitative estimate of drug-likeness (QED) is 0.0701. The molecule has 1 unspecified atom stereocenters. The predicted octanol–water partition coefficient (Wildman–Crippen LogP) is 6.67. The van der Waals surface area contributed by atoms with Gasteiger partial charge in [0.25, 0.3) is 0 Å². The average Bonchev–Trinajstić information content (AvgIpc) is 2.84. The highest BCUT2D eigenvalue weighted by Gasteiger charge is 2.16. The van der Waals surface area contributed by atoms with Crippen molar-refractivity contribution in [2.45, 2.75) is 103 Å². The first kappa shape index (κ1) is 33.4. The molecule has 1 aromatic heterocycles. The van der Waals surface area contributed by atoms with Gasteiger partial charge in [-0.1, -0.05) is 103 Å². The van der Waals surface area contributed by atoms with Gasteiger partial charge in [-0.2, -0.15) is 9.97 Å². The molecule has 1 heterocycles. The molecule has 10 heteroatoms. The van der Waals surface area contributed by atoms with Crippen molar-refractivity contribution in [3.05, 3.63) is 18.2 Å². The molecule has 0 bridgehead atoms. The number of hydrogen-bond donors (Lipinski definition) is 3. The summed E-state index contributed by atoms with van der Waals surface area (Å²) in [6, 6.07) is 1.45. The van der Waals surface area contributed by atoms with Gasteiger partial charge in [0.2, 0.25) is 11.8 Å². The number of aromatic nitrogens is 2. The molecule has 0 aromatic carbocycles. The van der Waals surface area contributed by atoms with E-state index in [1.807, 2.05) is 0 Å². The van der Waals surface area contributed by atoms with E-state index < -0.39 is 7.60 Å². The topological polar surface area (TPSA) is 143 Å². The van der Waals surface area contributed by atoms with Crippen LogP contribution in [0.4, 0.5) is 11.8 Å². The molecule has 0 fully saturated rings. The molecule has 1 atom stereocenters. The third-order valence-corrected chi connectivity index (χ3v) is 7.20. The second kappa shape index (κ2) is 22.3. The summed E-state index contributed by atoms with van der Waals surface area (Å²) in [6.07, 6.45) is 22.4. The van der Waals surface area contributed by atoms with Crippen molar-refractivity contribution in [1.29, 1.82) is 0 Å². The van der Waals surface area contributed by atoms with Crippen LogP contribution >= 0.6 is 7.60 Å². The lowest BCUT2D eigenvalue weighted by Crippen LogP contribution is -2.03. The number of hydrogen-bond acceptors (Lipinski definition) is 8. The fraction of sp³-hybridized carbons (Fsp3) is 0.778. The van der Waals surface area contributed by atoms with E-state index in [1.165, 1.54) is 89.5 Å². The molecule has 1 rings (SSSR count). The summed E-state index contributed by atoms with van der Waals surface area (Å²) in [4.78, 5) is 17.5. The smallest absolute Gasteiger partial charge is 0.331 e. The zero-order valence-electron chi connectivity index (χ0n) is 23.0. The summed E-state index contributed by atoms with van der Waals surface area (Å²) >= 11 is 0. The van der Waals surface area contributed by atoms with Gasteiger partial charge in [-0.3, -0.25) is 4.57 Å². The highest BCUT2D eigenvalue weighted by molar-refractivity contribution is 7.53. The molecule has 0 radical (unpaired) electrons. The van der Waals surface area contributed by atoms with E-state index in [0.717, 1.165) is 13.0 Å². The zero-order valence-corrected chi connectivity index (χ0v) is 23.8. The van der Waals surface area contributed by atoms with Crippen LogP contribution in [0, 0.1) is 0 Å². The van der Waals surface area contributed by atoms with E-state index in [2.05, 4.69) is 16.9 Å². The number of nitrogens with two attached hydrogens (primary N) is 2. The first-order valence-corrected chi connectivity index (χ1v) is 15.9. The highest BCUT2D eigenvalue weighted by Crippen LogP contribution is 2.41. The maximum atomic E-state index is 12.1. The van der Waals surface area contributed by atoms with Crippen LogP contribution in [0.2, 0.25) is 0 Å². The minimum Gasteiger partial charge on any atom is -0.473 e. The zero-order chi connectivity index (χ0) is 27.0. The Balaban J connectivity index is 1.86. The highest BCUT2D eigenvalue weighted by atomic mass is 31.2. The summed E-state index contributed by atoms with van der Waals surface area (Å²) in [7, 11) is -3.68. The van der Waals surface area contributed by atoms with E-state index in [0.29, 0.717) is 13.0 Å². The minimum atomic E-state index is -3.68. The van der Waals surface area contributed by atoms with Gasteiger partial charge in [0.15, 0.2) is 0 Å². The molecule has 37 heavy (non-hydrogen) atoms. The predicted molar refractivity (Wildman–Crippen MR) is 152 cm³/mol. The Kier molecular flexibility index (Phi) is 20.1. The van der Waals surface area contributed by atoms with Crippen molar-refractivity contribution in [1.82, 2.24) is 9.97 Å². The van der Waals surface area contributed by atoms with Crippen molar-refractivity contribution < 1.29 is 23.5 Å². The molecule has 0 aliphatic heterocycles. The Labute approximate surface area is 224 Å². The maximum Gasteiger partial charge on any atom is 0.331 e. The number of nitrogen functional groups attached to an aromatic ring is 2. The van der Waals surface area contributed by atoms with Crippen molar-refractivity contribution in [2.24, 2.45) is 0 Å². The van der Waals surface area contributed by atoms with Crippen LogP contribution in [0.1, 0.15) is 103 Å².